The summed E-state index contributed by atoms with van der Waals surface area (Å²) in [5.74, 6) is -0.292. The molecule has 1 aromatic rings. The van der Waals surface area contributed by atoms with Crippen LogP contribution in [-0.2, 0) is 4.74 Å². The first kappa shape index (κ1) is 15.7. The van der Waals surface area contributed by atoms with Crippen LogP contribution in [0.5, 0.6) is 0 Å². The van der Waals surface area contributed by atoms with Crippen molar-refractivity contribution in [1.82, 2.24) is 5.32 Å². The topological polar surface area (TPSA) is 62.1 Å². The molecule has 0 fully saturated rings. The molecule has 0 bridgehead atoms. The molecular weight excluding hydrogens is 308 g/mol. The molecule has 102 valence electrons. The highest BCUT2D eigenvalue weighted by Crippen LogP contribution is 2.23. The van der Waals surface area contributed by atoms with Gasteiger partial charge in [0.2, 0.25) is 0 Å². The van der Waals surface area contributed by atoms with Crippen molar-refractivity contribution in [3.8, 4) is 6.07 Å². The molecule has 4 nitrogen and oxygen atoms in total. The Morgan fingerprint density at radius 1 is 1.53 bits per heavy atom. The maximum atomic E-state index is 12.3. The molecule has 1 aromatic carbocycles. The Kier molecular flexibility index (Phi) is 5.10. The van der Waals surface area contributed by atoms with Gasteiger partial charge in [0.05, 0.1) is 18.2 Å². The summed E-state index contributed by atoms with van der Waals surface area (Å²) < 4.78 is 5.71. The summed E-state index contributed by atoms with van der Waals surface area (Å²) in [5, 5.41) is 11.8. The first-order valence-electron chi connectivity index (χ1n) is 5.82. The molecular formula is C14H17BrN2O2. The maximum absolute atomic E-state index is 12.3. The molecule has 1 unspecified atom stereocenters. The summed E-state index contributed by atoms with van der Waals surface area (Å²) in [4.78, 5) is 12.3. The van der Waals surface area contributed by atoms with Crippen LogP contribution in [0.15, 0.2) is 16.6 Å². The molecule has 19 heavy (non-hydrogen) atoms. The SMILES string of the molecule is COCC(C)(C#N)NC(=O)c1cc(C)cc(C)c1Br. The zero-order valence-electron chi connectivity index (χ0n) is 11.5. The average molecular weight is 325 g/mol. The quantitative estimate of drug-likeness (QED) is 0.926. The number of rotatable bonds is 4. The zero-order chi connectivity index (χ0) is 14.6. The average Bonchev–Trinajstić information content (AvgIpc) is 2.33. The van der Waals surface area contributed by atoms with E-state index in [1.54, 1.807) is 13.0 Å². The number of nitrogens with one attached hydrogen (secondary N) is 1. The van der Waals surface area contributed by atoms with Crippen molar-refractivity contribution in [3.05, 3.63) is 33.3 Å². The second-order valence-electron chi connectivity index (χ2n) is 4.77. The molecule has 0 spiro atoms. The van der Waals surface area contributed by atoms with E-state index in [1.165, 1.54) is 7.11 Å². The normalized spacial score (nSPS) is 13.5. The Labute approximate surface area is 121 Å². The van der Waals surface area contributed by atoms with Crippen molar-refractivity contribution in [2.24, 2.45) is 0 Å². The largest absolute Gasteiger partial charge is 0.381 e. The van der Waals surface area contributed by atoms with E-state index in [1.807, 2.05) is 19.9 Å². The number of ether oxygens (including phenoxy) is 1. The molecule has 0 aliphatic carbocycles. The standard InChI is InChI=1S/C14H17BrN2O2/c1-9-5-10(2)12(15)11(6-9)13(18)17-14(3,7-16)8-19-4/h5-6H,8H2,1-4H3,(H,17,18). The van der Waals surface area contributed by atoms with Crippen LogP contribution in [0, 0.1) is 25.2 Å². The van der Waals surface area contributed by atoms with E-state index in [0.29, 0.717) is 5.56 Å². The highest BCUT2D eigenvalue weighted by Gasteiger charge is 2.27. The number of carbonyl (C=O) groups excluding carboxylic acids is 1. The van der Waals surface area contributed by atoms with Gasteiger partial charge < -0.3 is 10.1 Å². The van der Waals surface area contributed by atoms with Crippen LogP contribution in [0.2, 0.25) is 0 Å². The lowest BCUT2D eigenvalue weighted by atomic mass is 10.0. The number of amides is 1. The van der Waals surface area contributed by atoms with Crippen molar-refractivity contribution in [3.63, 3.8) is 0 Å². The predicted molar refractivity (Wildman–Crippen MR) is 77.0 cm³/mol. The molecule has 0 aromatic heterocycles. The van der Waals surface area contributed by atoms with Crippen molar-refractivity contribution < 1.29 is 9.53 Å². The summed E-state index contributed by atoms with van der Waals surface area (Å²) in [6.07, 6.45) is 0. The van der Waals surface area contributed by atoms with Crippen molar-refractivity contribution in [2.45, 2.75) is 26.3 Å². The fourth-order valence-electron chi connectivity index (χ4n) is 1.82. The second kappa shape index (κ2) is 6.18. The number of hydrogen-bond donors (Lipinski definition) is 1. The van der Waals surface area contributed by atoms with E-state index < -0.39 is 5.54 Å². The highest BCUT2D eigenvalue weighted by atomic mass is 79.9. The summed E-state index contributed by atoms with van der Waals surface area (Å²) >= 11 is 3.41. The Balaban J connectivity index is 3.06. The van der Waals surface area contributed by atoms with E-state index in [0.717, 1.165) is 15.6 Å². The smallest absolute Gasteiger partial charge is 0.253 e. The fourth-order valence-corrected chi connectivity index (χ4v) is 2.23. The van der Waals surface area contributed by atoms with Gasteiger partial charge in [0.15, 0.2) is 0 Å². The van der Waals surface area contributed by atoms with Gasteiger partial charge in [-0.1, -0.05) is 6.07 Å². The Morgan fingerprint density at radius 2 is 2.16 bits per heavy atom. The number of aryl methyl sites for hydroxylation is 2. The summed E-state index contributed by atoms with van der Waals surface area (Å²) in [6.45, 7) is 5.62. The van der Waals surface area contributed by atoms with Crippen LogP contribution in [0.3, 0.4) is 0 Å². The van der Waals surface area contributed by atoms with Gasteiger partial charge >= 0.3 is 0 Å². The summed E-state index contributed by atoms with van der Waals surface area (Å²) in [7, 11) is 1.49. The van der Waals surface area contributed by atoms with Crippen molar-refractivity contribution >= 4 is 21.8 Å². The van der Waals surface area contributed by atoms with Gasteiger partial charge in [-0.15, -0.1) is 0 Å². The monoisotopic (exact) mass is 324 g/mol. The third-order valence-corrected chi connectivity index (χ3v) is 3.77. The number of benzene rings is 1. The van der Waals surface area contributed by atoms with E-state index in [9.17, 15) is 4.79 Å². The van der Waals surface area contributed by atoms with Gasteiger partial charge in [0.25, 0.3) is 5.91 Å². The van der Waals surface area contributed by atoms with E-state index in [2.05, 4.69) is 27.3 Å². The van der Waals surface area contributed by atoms with E-state index in [-0.39, 0.29) is 12.5 Å². The lowest BCUT2D eigenvalue weighted by Crippen LogP contribution is -2.48. The van der Waals surface area contributed by atoms with Gasteiger partial charge in [-0.2, -0.15) is 5.26 Å². The maximum Gasteiger partial charge on any atom is 0.253 e. The van der Waals surface area contributed by atoms with Crippen LogP contribution >= 0.6 is 15.9 Å². The molecule has 0 saturated heterocycles. The molecule has 1 rings (SSSR count). The van der Waals surface area contributed by atoms with Gasteiger partial charge in [-0.05, 0) is 53.9 Å². The number of nitriles is 1. The van der Waals surface area contributed by atoms with Gasteiger partial charge in [0, 0.05) is 11.6 Å². The highest BCUT2D eigenvalue weighted by molar-refractivity contribution is 9.10. The minimum atomic E-state index is -1.04. The molecule has 0 aliphatic rings. The van der Waals surface area contributed by atoms with Crippen LogP contribution in [0.25, 0.3) is 0 Å². The van der Waals surface area contributed by atoms with Gasteiger partial charge in [-0.3, -0.25) is 4.79 Å². The molecule has 0 radical (unpaired) electrons. The molecule has 1 amide bonds. The Morgan fingerprint density at radius 3 is 2.68 bits per heavy atom. The van der Waals surface area contributed by atoms with Crippen molar-refractivity contribution in [2.75, 3.05) is 13.7 Å². The van der Waals surface area contributed by atoms with Crippen LogP contribution in [0.4, 0.5) is 0 Å². The Hall–Kier alpha value is -1.38. The first-order chi connectivity index (χ1) is 8.83. The molecule has 1 atom stereocenters. The molecule has 1 N–H and O–H groups in total. The van der Waals surface area contributed by atoms with Crippen LogP contribution in [-0.4, -0.2) is 25.2 Å². The zero-order valence-corrected chi connectivity index (χ0v) is 13.1. The lowest BCUT2D eigenvalue weighted by Gasteiger charge is -2.22. The molecule has 5 heteroatoms. The molecule has 0 aliphatic heterocycles. The minimum absolute atomic E-state index is 0.137. The van der Waals surface area contributed by atoms with Gasteiger partial charge in [0.1, 0.15) is 5.54 Å². The lowest BCUT2D eigenvalue weighted by molar-refractivity contribution is 0.0859. The van der Waals surface area contributed by atoms with Crippen LogP contribution < -0.4 is 5.32 Å². The third kappa shape index (κ3) is 3.79. The number of carbonyl (C=O) groups is 1. The first-order valence-corrected chi connectivity index (χ1v) is 6.61. The summed E-state index contributed by atoms with van der Waals surface area (Å²) in [6, 6.07) is 5.83. The minimum Gasteiger partial charge on any atom is -0.381 e. The molecule has 0 heterocycles. The number of methoxy groups -OCH3 is 1. The van der Waals surface area contributed by atoms with Gasteiger partial charge in [-0.25, -0.2) is 0 Å². The number of hydrogen-bond acceptors (Lipinski definition) is 3. The second-order valence-corrected chi connectivity index (χ2v) is 5.57. The fraction of sp³-hybridized carbons (Fsp3) is 0.429. The molecule has 0 saturated carbocycles. The Bertz CT molecular complexity index is 537. The number of halogens is 1. The van der Waals surface area contributed by atoms with Crippen molar-refractivity contribution in [1.29, 1.82) is 5.26 Å². The third-order valence-electron chi connectivity index (χ3n) is 2.71. The van der Waals surface area contributed by atoms with E-state index >= 15 is 0 Å². The van der Waals surface area contributed by atoms with E-state index in [4.69, 9.17) is 10.00 Å². The summed E-state index contributed by atoms with van der Waals surface area (Å²) in [5.41, 5.74) is 1.46. The predicted octanol–water partition coefficient (Wildman–Crippen LogP) is 2.72. The van der Waals surface area contributed by atoms with Crippen LogP contribution in [0.1, 0.15) is 28.4 Å². The number of nitrogens with zero attached hydrogens (tertiary/aromatic N) is 1.